The summed E-state index contributed by atoms with van der Waals surface area (Å²) in [6, 6.07) is 31.4. The van der Waals surface area contributed by atoms with E-state index in [2.05, 4.69) is 90.4 Å². The van der Waals surface area contributed by atoms with E-state index in [0.717, 1.165) is 6.42 Å². The molecule has 0 heterocycles. The van der Waals surface area contributed by atoms with Crippen LogP contribution >= 0.6 is 12.2 Å². The monoisotopic (exact) mass is 360 g/mol. The lowest BCUT2D eigenvalue weighted by molar-refractivity contribution is 0.607. The third-order valence-corrected chi connectivity index (χ3v) is 4.69. The summed E-state index contributed by atoms with van der Waals surface area (Å²) >= 11 is 5.65. The zero-order valence-corrected chi connectivity index (χ0v) is 15.7. The maximum Gasteiger partial charge on any atom is 0.167 e. The van der Waals surface area contributed by atoms with E-state index in [0.29, 0.717) is 5.11 Å². The minimum Gasteiger partial charge on any atom is -0.356 e. The van der Waals surface area contributed by atoms with Crippen LogP contribution in [0.25, 0.3) is 0 Å². The Morgan fingerprint density at radius 2 is 1.12 bits per heavy atom. The van der Waals surface area contributed by atoms with Crippen molar-refractivity contribution < 1.29 is 0 Å². The molecular weight excluding hydrogens is 336 g/mol. The Balaban J connectivity index is 1.77. The lowest BCUT2D eigenvalue weighted by atomic mass is 9.99. The van der Waals surface area contributed by atoms with E-state index in [1.54, 1.807) is 0 Å². The van der Waals surface area contributed by atoms with Gasteiger partial charge in [0.05, 0.1) is 12.1 Å². The summed E-state index contributed by atoms with van der Waals surface area (Å²) in [6.07, 6.45) is 0.965. The van der Waals surface area contributed by atoms with Gasteiger partial charge >= 0.3 is 0 Å². The third kappa shape index (κ3) is 4.70. The SMILES string of the molecule is CCC(NC(=S)NC(c1ccccc1)c1ccccc1)c1ccccc1. The lowest BCUT2D eigenvalue weighted by Crippen LogP contribution is -2.40. The first-order valence-corrected chi connectivity index (χ1v) is 9.40. The predicted molar refractivity (Wildman–Crippen MR) is 113 cm³/mol. The summed E-state index contributed by atoms with van der Waals surface area (Å²) < 4.78 is 0. The van der Waals surface area contributed by atoms with Gasteiger partial charge in [-0.1, -0.05) is 97.9 Å². The Morgan fingerprint density at radius 1 is 0.692 bits per heavy atom. The summed E-state index contributed by atoms with van der Waals surface area (Å²) in [5.41, 5.74) is 3.63. The molecule has 2 N–H and O–H groups in total. The molecule has 3 heteroatoms. The van der Waals surface area contributed by atoms with Crippen molar-refractivity contribution in [2.24, 2.45) is 0 Å². The minimum atomic E-state index is 0.0191. The second-order valence-electron chi connectivity index (χ2n) is 6.24. The minimum absolute atomic E-state index is 0.0191. The van der Waals surface area contributed by atoms with Gasteiger partial charge < -0.3 is 10.6 Å². The molecule has 0 aliphatic heterocycles. The highest BCUT2D eigenvalue weighted by Gasteiger charge is 2.17. The fourth-order valence-electron chi connectivity index (χ4n) is 3.09. The molecule has 0 aromatic heterocycles. The molecule has 3 aromatic carbocycles. The first kappa shape index (κ1) is 18.2. The van der Waals surface area contributed by atoms with Crippen LogP contribution in [0, 0.1) is 0 Å². The molecule has 1 atom stereocenters. The van der Waals surface area contributed by atoms with Crippen molar-refractivity contribution in [2.75, 3.05) is 0 Å². The quantitative estimate of drug-likeness (QED) is 0.576. The van der Waals surface area contributed by atoms with E-state index in [-0.39, 0.29) is 12.1 Å². The summed E-state index contributed by atoms with van der Waals surface area (Å²) in [5.74, 6) is 0. The summed E-state index contributed by atoms with van der Waals surface area (Å²) in [6.45, 7) is 2.17. The molecule has 26 heavy (non-hydrogen) atoms. The molecule has 3 rings (SSSR count). The number of nitrogens with one attached hydrogen (secondary N) is 2. The van der Waals surface area contributed by atoms with Gasteiger partial charge in [-0.25, -0.2) is 0 Å². The Kier molecular flexibility index (Phi) is 6.39. The highest BCUT2D eigenvalue weighted by atomic mass is 32.1. The van der Waals surface area contributed by atoms with Crippen LogP contribution in [0.2, 0.25) is 0 Å². The number of hydrogen-bond acceptors (Lipinski definition) is 1. The Hall–Kier alpha value is -2.65. The van der Waals surface area contributed by atoms with E-state index >= 15 is 0 Å². The number of rotatable bonds is 6. The zero-order chi connectivity index (χ0) is 18.2. The summed E-state index contributed by atoms with van der Waals surface area (Å²) in [7, 11) is 0. The molecule has 0 spiro atoms. The summed E-state index contributed by atoms with van der Waals surface area (Å²) in [5, 5.41) is 7.64. The van der Waals surface area contributed by atoms with Crippen molar-refractivity contribution in [3.05, 3.63) is 108 Å². The van der Waals surface area contributed by atoms with Crippen LogP contribution in [0.15, 0.2) is 91.0 Å². The Labute approximate surface area is 161 Å². The van der Waals surface area contributed by atoms with E-state index in [1.807, 2.05) is 18.2 Å². The molecule has 0 aliphatic carbocycles. The van der Waals surface area contributed by atoms with E-state index in [1.165, 1.54) is 16.7 Å². The Morgan fingerprint density at radius 3 is 1.54 bits per heavy atom. The number of benzene rings is 3. The van der Waals surface area contributed by atoms with Crippen molar-refractivity contribution in [3.8, 4) is 0 Å². The molecule has 0 saturated heterocycles. The Bertz CT molecular complexity index is 764. The van der Waals surface area contributed by atoms with Gasteiger partial charge in [-0.2, -0.15) is 0 Å². The van der Waals surface area contributed by atoms with Crippen LogP contribution in [-0.4, -0.2) is 5.11 Å². The zero-order valence-electron chi connectivity index (χ0n) is 14.9. The average Bonchev–Trinajstić information content (AvgIpc) is 2.72. The number of thiocarbonyl (C=S) groups is 1. The third-order valence-electron chi connectivity index (χ3n) is 4.46. The van der Waals surface area contributed by atoms with Gasteiger partial charge in [-0.3, -0.25) is 0 Å². The van der Waals surface area contributed by atoms with E-state index < -0.39 is 0 Å². The van der Waals surface area contributed by atoms with Gasteiger partial charge in [0, 0.05) is 0 Å². The molecule has 2 nitrogen and oxygen atoms in total. The van der Waals surface area contributed by atoms with Crippen LogP contribution in [0.1, 0.15) is 42.1 Å². The normalized spacial score (nSPS) is 11.8. The van der Waals surface area contributed by atoms with Crippen molar-refractivity contribution in [3.63, 3.8) is 0 Å². The standard InChI is InChI=1S/C23H24N2S/c1-2-21(18-12-6-3-7-13-18)24-23(26)25-22(19-14-8-4-9-15-19)20-16-10-5-11-17-20/h3-17,21-22H,2H2,1H3,(H2,24,25,26). The fraction of sp³-hybridized carbons (Fsp3) is 0.174. The van der Waals surface area contributed by atoms with E-state index in [9.17, 15) is 0 Å². The van der Waals surface area contributed by atoms with Gasteiger partial charge in [0.15, 0.2) is 5.11 Å². The first-order valence-electron chi connectivity index (χ1n) is 8.99. The van der Waals surface area contributed by atoms with Crippen LogP contribution < -0.4 is 10.6 Å². The number of hydrogen-bond donors (Lipinski definition) is 2. The highest BCUT2D eigenvalue weighted by molar-refractivity contribution is 7.80. The highest BCUT2D eigenvalue weighted by Crippen LogP contribution is 2.22. The molecule has 3 aromatic rings. The smallest absolute Gasteiger partial charge is 0.167 e. The van der Waals surface area contributed by atoms with Crippen LogP contribution in [-0.2, 0) is 0 Å². The van der Waals surface area contributed by atoms with Crippen LogP contribution in [0.4, 0.5) is 0 Å². The molecular formula is C23H24N2S. The van der Waals surface area contributed by atoms with Crippen molar-refractivity contribution in [1.82, 2.24) is 10.6 Å². The molecule has 0 bridgehead atoms. The fourth-order valence-corrected chi connectivity index (χ4v) is 3.35. The maximum absolute atomic E-state index is 5.65. The van der Waals surface area contributed by atoms with E-state index in [4.69, 9.17) is 12.2 Å². The molecule has 0 fully saturated rings. The van der Waals surface area contributed by atoms with Crippen molar-refractivity contribution >= 4 is 17.3 Å². The van der Waals surface area contributed by atoms with Gasteiger partial charge in [-0.15, -0.1) is 0 Å². The second kappa shape index (κ2) is 9.16. The molecule has 1 unspecified atom stereocenters. The predicted octanol–water partition coefficient (Wildman–Crippen LogP) is 5.39. The first-order chi connectivity index (χ1) is 12.8. The van der Waals surface area contributed by atoms with Gasteiger partial charge in [-0.05, 0) is 35.3 Å². The second-order valence-corrected chi connectivity index (χ2v) is 6.65. The van der Waals surface area contributed by atoms with Gasteiger partial charge in [0.25, 0.3) is 0 Å². The molecule has 0 amide bonds. The van der Waals surface area contributed by atoms with Crippen LogP contribution in [0.5, 0.6) is 0 Å². The topological polar surface area (TPSA) is 24.1 Å². The van der Waals surface area contributed by atoms with Crippen molar-refractivity contribution in [2.45, 2.75) is 25.4 Å². The molecule has 0 aliphatic rings. The maximum atomic E-state index is 5.65. The van der Waals surface area contributed by atoms with Gasteiger partial charge in [0.1, 0.15) is 0 Å². The summed E-state index contributed by atoms with van der Waals surface area (Å²) in [4.78, 5) is 0. The van der Waals surface area contributed by atoms with Crippen LogP contribution in [0.3, 0.4) is 0 Å². The molecule has 132 valence electrons. The molecule has 0 radical (unpaired) electrons. The molecule has 0 saturated carbocycles. The average molecular weight is 361 g/mol. The van der Waals surface area contributed by atoms with Crippen molar-refractivity contribution in [1.29, 1.82) is 0 Å². The lowest BCUT2D eigenvalue weighted by Gasteiger charge is -2.25. The largest absolute Gasteiger partial charge is 0.356 e. The van der Waals surface area contributed by atoms with Gasteiger partial charge in [0.2, 0.25) is 0 Å².